The Bertz CT molecular complexity index is 817. The summed E-state index contributed by atoms with van der Waals surface area (Å²) in [6, 6.07) is 8.22. The van der Waals surface area contributed by atoms with Crippen molar-refractivity contribution in [1.82, 2.24) is 20.0 Å². The molecule has 6 nitrogen and oxygen atoms in total. The lowest BCUT2D eigenvalue weighted by Gasteiger charge is -2.31. The maximum atomic E-state index is 13.1. The number of hydrogen-bond donors (Lipinski definition) is 1. The van der Waals surface area contributed by atoms with Crippen molar-refractivity contribution in [3.05, 3.63) is 58.3 Å². The molecular weight excluding hydrogens is 371 g/mol. The third kappa shape index (κ3) is 5.14. The fraction of sp³-hybridized carbons (Fsp3) is 0.421. The molecule has 0 unspecified atom stereocenters. The van der Waals surface area contributed by atoms with E-state index in [1.54, 1.807) is 4.90 Å². The summed E-state index contributed by atoms with van der Waals surface area (Å²) in [5, 5.41) is 7.36. The summed E-state index contributed by atoms with van der Waals surface area (Å²) in [6.07, 6.45) is 3.07. The largest absolute Gasteiger partial charge is 0.337 e. The Morgan fingerprint density at radius 3 is 2.48 bits per heavy atom. The number of aromatic nitrogens is 2. The quantitative estimate of drug-likeness (QED) is 0.844. The van der Waals surface area contributed by atoms with Gasteiger partial charge in [0, 0.05) is 19.2 Å². The highest BCUT2D eigenvalue weighted by atomic mass is 35.5. The molecule has 0 aliphatic carbocycles. The van der Waals surface area contributed by atoms with Crippen LogP contribution in [0, 0.1) is 11.7 Å². The molecule has 0 saturated carbocycles. The normalized spacial score (nSPS) is 14.7. The Morgan fingerprint density at radius 2 is 1.85 bits per heavy atom. The molecule has 1 aliphatic heterocycles. The maximum Gasteiger partial charge on any atom is 0.274 e. The molecule has 0 bridgehead atoms. The topological polar surface area (TPSA) is 67.2 Å². The molecule has 1 fully saturated rings. The summed E-state index contributed by atoms with van der Waals surface area (Å²) in [4.78, 5) is 26.6. The van der Waals surface area contributed by atoms with E-state index in [4.69, 9.17) is 0 Å². The van der Waals surface area contributed by atoms with Crippen LogP contribution in [0.1, 0.15) is 29.8 Å². The molecule has 1 aromatic carbocycles. The average molecular weight is 395 g/mol. The van der Waals surface area contributed by atoms with Crippen LogP contribution in [0.15, 0.2) is 41.2 Å². The number of carbonyl (C=O) groups is 1. The SMILES string of the molecule is CNCCC1CCN(C(=O)c2ccc(=O)n(-c3ccc(F)cc3)n2)CC1.Cl. The van der Waals surface area contributed by atoms with E-state index in [0.29, 0.717) is 24.7 Å². The van der Waals surface area contributed by atoms with Crippen molar-refractivity contribution in [2.45, 2.75) is 19.3 Å². The molecule has 1 N–H and O–H groups in total. The lowest BCUT2D eigenvalue weighted by molar-refractivity contribution is 0.0679. The molecule has 2 aromatic rings. The number of carbonyl (C=O) groups excluding carboxylic acids is 1. The van der Waals surface area contributed by atoms with Gasteiger partial charge in [-0.2, -0.15) is 9.78 Å². The Kier molecular flexibility index (Phi) is 7.50. The van der Waals surface area contributed by atoms with Crippen molar-refractivity contribution in [1.29, 1.82) is 0 Å². The van der Waals surface area contributed by atoms with E-state index in [2.05, 4.69) is 10.4 Å². The predicted molar refractivity (Wildman–Crippen MR) is 104 cm³/mol. The minimum absolute atomic E-state index is 0. The van der Waals surface area contributed by atoms with Gasteiger partial charge in [0.15, 0.2) is 0 Å². The zero-order chi connectivity index (χ0) is 18.5. The first-order valence-corrected chi connectivity index (χ1v) is 8.88. The molecule has 27 heavy (non-hydrogen) atoms. The van der Waals surface area contributed by atoms with Crippen LogP contribution < -0.4 is 10.9 Å². The van der Waals surface area contributed by atoms with Gasteiger partial charge >= 0.3 is 0 Å². The Hall–Kier alpha value is -2.25. The summed E-state index contributed by atoms with van der Waals surface area (Å²) in [7, 11) is 1.94. The van der Waals surface area contributed by atoms with Gasteiger partial charge in [-0.3, -0.25) is 9.59 Å². The summed E-state index contributed by atoms with van der Waals surface area (Å²) < 4.78 is 14.2. The molecule has 1 aliphatic rings. The predicted octanol–water partition coefficient (Wildman–Crippen LogP) is 2.26. The first-order valence-electron chi connectivity index (χ1n) is 8.88. The molecule has 0 atom stereocenters. The van der Waals surface area contributed by atoms with Gasteiger partial charge < -0.3 is 10.2 Å². The number of likely N-dealkylation sites (tertiary alicyclic amines) is 1. The number of nitrogens with zero attached hydrogens (tertiary/aromatic N) is 3. The van der Waals surface area contributed by atoms with Crippen LogP contribution in [0.2, 0.25) is 0 Å². The molecular formula is C19H24ClFN4O2. The van der Waals surface area contributed by atoms with E-state index in [1.807, 2.05) is 7.05 Å². The van der Waals surface area contributed by atoms with Gasteiger partial charge in [0.2, 0.25) is 0 Å². The third-order valence-electron chi connectivity index (χ3n) is 4.79. The van der Waals surface area contributed by atoms with Gasteiger partial charge in [0.25, 0.3) is 11.5 Å². The molecule has 2 heterocycles. The van der Waals surface area contributed by atoms with Gasteiger partial charge in [-0.25, -0.2) is 4.39 Å². The van der Waals surface area contributed by atoms with Crippen molar-refractivity contribution in [2.75, 3.05) is 26.7 Å². The Labute approximate surface area is 163 Å². The second-order valence-corrected chi connectivity index (χ2v) is 6.57. The van der Waals surface area contributed by atoms with E-state index < -0.39 is 5.82 Å². The van der Waals surface area contributed by atoms with Crippen LogP contribution >= 0.6 is 12.4 Å². The van der Waals surface area contributed by atoms with Crippen molar-refractivity contribution >= 4 is 18.3 Å². The molecule has 0 radical (unpaired) electrons. The second-order valence-electron chi connectivity index (χ2n) is 6.57. The lowest BCUT2D eigenvalue weighted by Crippen LogP contribution is -2.40. The number of halogens is 2. The van der Waals surface area contributed by atoms with Crippen molar-refractivity contribution in [3.63, 3.8) is 0 Å². The van der Waals surface area contributed by atoms with Crippen molar-refractivity contribution < 1.29 is 9.18 Å². The van der Waals surface area contributed by atoms with Crippen molar-refractivity contribution in [2.24, 2.45) is 5.92 Å². The zero-order valence-corrected chi connectivity index (χ0v) is 16.0. The van der Waals surface area contributed by atoms with Gasteiger partial charge in [0.1, 0.15) is 11.5 Å². The number of amides is 1. The van der Waals surface area contributed by atoms with Gasteiger partial charge in [-0.1, -0.05) is 0 Å². The standard InChI is InChI=1S/C19H23FN4O2.ClH/c1-21-11-8-14-9-12-23(13-10-14)19(26)17-6-7-18(25)24(22-17)16-4-2-15(20)3-5-16;/h2-7,14,21H,8-13H2,1H3;1H. The number of nitrogens with one attached hydrogen (secondary N) is 1. The number of benzene rings is 1. The monoisotopic (exact) mass is 394 g/mol. The Morgan fingerprint density at radius 1 is 1.19 bits per heavy atom. The molecule has 1 saturated heterocycles. The van der Waals surface area contributed by atoms with E-state index in [9.17, 15) is 14.0 Å². The summed E-state index contributed by atoms with van der Waals surface area (Å²) in [6.45, 7) is 2.39. The van der Waals surface area contributed by atoms with Crippen molar-refractivity contribution in [3.8, 4) is 5.69 Å². The smallest absolute Gasteiger partial charge is 0.274 e. The molecule has 1 amide bonds. The van der Waals surface area contributed by atoms with Crippen LogP contribution in [0.3, 0.4) is 0 Å². The summed E-state index contributed by atoms with van der Waals surface area (Å²) >= 11 is 0. The average Bonchev–Trinajstić information content (AvgIpc) is 2.67. The van der Waals surface area contributed by atoms with Gasteiger partial charge in [-0.05, 0) is 69.1 Å². The number of piperidine rings is 1. The highest BCUT2D eigenvalue weighted by Gasteiger charge is 2.24. The minimum atomic E-state index is -0.393. The fourth-order valence-electron chi connectivity index (χ4n) is 3.23. The molecule has 3 rings (SSSR count). The molecule has 146 valence electrons. The van der Waals surface area contributed by atoms with E-state index in [1.165, 1.54) is 36.4 Å². The van der Waals surface area contributed by atoms with Crippen LogP contribution in [0.4, 0.5) is 4.39 Å². The highest BCUT2D eigenvalue weighted by Crippen LogP contribution is 2.21. The number of rotatable bonds is 5. The fourth-order valence-corrected chi connectivity index (χ4v) is 3.23. The van der Waals surface area contributed by atoms with Crippen LogP contribution in [-0.4, -0.2) is 47.3 Å². The Balaban J connectivity index is 0.00000261. The van der Waals surface area contributed by atoms with Crippen LogP contribution in [-0.2, 0) is 0 Å². The van der Waals surface area contributed by atoms with E-state index >= 15 is 0 Å². The third-order valence-corrected chi connectivity index (χ3v) is 4.79. The molecule has 8 heteroatoms. The first kappa shape index (κ1) is 21.1. The van der Waals surface area contributed by atoms with Crippen LogP contribution in [0.5, 0.6) is 0 Å². The zero-order valence-electron chi connectivity index (χ0n) is 15.2. The maximum absolute atomic E-state index is 13.1. The van der Waals surface area contributed by atoms with E-state index in [-0.39, 0.29) is 29.6 Å². The first-order chi connectivity index (χ1) is 12.6. The lowest BCUT2D eigenvalue weighted by atomic mass is 9.93. The summed E-state index contributed by atoms with van der Waals surface area (Å²) in [5.41, 5.74) is 0.290. The second kappa shape index (κ2) is 9.62. The molecule has 1 aromatic heterocycles. The molecule has 0 spiro atoms. The van der Waals surface area contributed by atoms with Gasteiger partial charge in [0.05, 0.1) is 5.69 Å². The number of hydrogen-bond acceptors (Lipinski definition) is 4. The highest BCUT2D eigenvalue weighted by molar-refractivity contribution is 5.92. The summed E-state index contributed by atoms with van der Waals surface area (Å²) in [5.74, 6) is 0.0655. The van der Waals surface area contributed by atoms with Gasteiger partial charge in [-0.15, -0.1) is 12.4 Å². The minimum Gasteiger partial charge on any atom is -0.337 e. The van der Waals surface area contributed by atoms with E-state index in [0.717, 1.165) is 30.5 Å². The van der Waals surface area contributed by atoms with Crippen LogP contribution in [0.25, 0.3) is 5.69 Å².